The van der Waals surface area contributed by atoms with Gasteiger partial charge in [0.1, 0.15) is 22.9 Å². The fraction of sp³-hybridized carbons (Fsp3) is 0.450. The molecule has 52 heavy (non-hydrogen) atoms. The number of aryl methyl sites for hydroxylation is 2. The number of aliphatic hydroxyl groups is 1. The average molecular weight is 733 g/mol. The summed E-state index contributed by atoms with van der Waals surface area (Å²) in [4.78, 5) is 51.9. The highest BCUT2D eigenvalue weighted by molar-refractivity contribution is 8.00. The van der Waals surface area contributed by atoms with Gasteiger partial charge in [-0.3, -0.25) is 14.4 Å². The Bertz CT molecular complexity index is 1790. The largest absolute Gasteiger partial charge is 0.484 e. The first-order chi connectivity index (χ1) is 25.5. The Kier molecular flexibility index (Phi) is 12.0. The topological polar surface area (TPSA) is 145 Å². The molecule has 1 aliphatic heterocycles. The highest BCUT2D eigenvalue weighted by atomic mass is 32.2. The molecule has 0 unspecified atom stereocenters. The zero-order valence-corrected chi connectivity index (χ0v) is 29.8. The molecular formula is C40H46FN3O7S. The van der Waals surface area contributed by atoms with Gasteiger partial charge in [-0.2, -0.15) is 0 Å². The van der Waals surface area contributed by atoms with Crippen LogP contribution in [0.25, 0.3) is 0 Å². The first kappa shape index (κ1) is 36.0. The van der Waals surface area contributed by atoms with E-state index >= 15 is 0 Å². The molecule has 10 nitrogen and oxygen atoms in total. The Morgan fingerprint density at radius 1 is 0.942 bits per heavy atom. The van der Waals surface area contributed by atoms with E-state index in [2.05, 4.69) is 22.8 Å². The van der Waals surface area contributed by atoms with Crippen molar-refractivity contribution < 1.29 is 39.9 Å². The van der Waals surface area contributed by atoms with Crippen molar-refractivity contribution in [1.29, 1.82) is 0 Å². The van der Waals surface area contributed by atoms with E-state index in [9.17, 15) is 33.8 Å². The first-order valence-electron chi connectivity index (χ1n) is 18.5. The molecule has 3 aromatic rings. The number of nitrogens with zero attached hydrogens (tertiary/aromatic N) is 1. The van der Waals surface area contributed by atoms with Crippen molar-refractivity contribution >= 4 is 41.1 Å². The number of anilines is 1. The zero-order chi connectivity index (χ0) is 37.5. The molecule has 6 rings (SSSR count). The number of carboxylic acid groups (broad SMARTS) is 1. The van der Waals surface area contributed by atoms with Crippen LogP contribution in [0, 0.1) is 11.7 Å². The number of fused-ring (bicyclic) bond motifs is 1. The van der Waals surface area contributed by atoms with Gasteiger partial charge >= 0.3 is 5.97 Å². The van der Waals surface area contributed by atoms with Crippen LogP contribution in [0.4, 0.5) is 10.1 Å². The molecule has 1 saturated carbocycles. The number of thioether (sulfide) groups is 1. The SMILES string of the molecule is [2H]C1(C[C@H](NC(=O)CNC(=O)COc2ccc([C@@H]3[C@@H](SC[C@H](O)c4ccc5c(c4)CCCC5)C(=O)N3c3ccc(F)cc3)cc2)C(=O)O)CCCCC1. The van der Waals surface area contributed by atoms with Gasteiger partial charge in [0.15, 0.2) is 6.61 Å². The molecular weight excluding hydrogens is 686 g/mol. The van der Waals surface area contributed by atoms with Crippen molar-refractivity contribution in [1.82, 2.24) is 10.6 Å². The Balaban J connectivity index is 1.03. The highest BCUT2D eigenvalue weighted by Gasteiger charge is 2.49. The fourth-order valence-corrected chi connectivity index (χ4v) is 8.52. The summed E-state index contributed by atoms with van der Waals surface area (Å²) in [5.74, 6) is -3.22. The molecule has 3 amide bonds. The highest BCUT2D eigenvalue weighted by Crippen LogP contribution is 2.46. The maximum Gasteiger partial charge on any atom is 0.326 e. The number of aliphatic hydroxyl groups excluding tert-OH is 1. The van der Waals surface area contributed by atoms with Gasteiger partial charge in [0.25, 0.3) is 5.91 Å². The third-order valence-electron chi connectivity index (χ3n) is 10.1. The lowest BCUT2D eigenvalue weighted by Gasteiger charge is -2.47. The van der Waals surface area contributed by atoms with Crippen LogP contribution in [0.2, 0.25) is 0 Å². The van der Waals surface area contributed by atoms with E-state index < -0.39 is 66.1 Å². The van der Waals surface area contributed by atoms with E-state index in [1.54, 1.807) is 41.3 Å². The molecule has 1 saturated heterocycles. The molecule has 0 bridgehead atoms. The molecule has 2 fully saturated rings. The number of amides is 3. The first-order valence-corrected chi connectivity index (χ1v) is 19.1. The summed E-state index contributed by atoms with van der Waals surface area (Å²) < 4.78 is 28.0. The molecule has 0 radical (unpaired) electrons. The second kappa shape index (κ2) is 17.4. The summed E-state index contributed by atoms with van der Waals surface area (Å²) in [6, 6.07) is 17.2. The minimum absolute atomic E-state index is 0.00827. The van der Waals surface area contributed by atoms with Crippen molar-refractivity contribution in [3.05, 3.63) is 94.8 Å². The van der Waals surface area contributed by atoms with Crippen LogP contribution in [0.3, 0.4) is 0 Å². The van der Waals surface area contributed by atoms with Gasteiger partial charge in [-0.25, -0.2) is 9.18 Å². The summed E-state index contributed by atoms with van der Waals surface area (Å²) in [6.07, 6.45) is 7.55. The number of hydrogen-bond acceptors (Lipinski definition) is 7. The maximum absolute atomic E-state index is 13.7. The molecule has 4 N–H and O–H groups in total. The number of halogens is 1. The maximum atomic E-state index is 13.7. The Labute approximate surface area is 308 Å². The predicted octanol–water partition coefficient (Wildman–Crippen LogP) is 5.66. The van der Waals surface area contributed by atoms with Gasteiger partial charge in [-0.05, 0) is 96.7 Å². The molecule has 0 spiro atoms. The van der Waals surface area contributed by atoms with Crippen molar-refractivity contribution in [3.8, 4) is 5.75 Å². The fourth-order valence-electron chi connectivity index (χ4n) is 7.22. The average Bonchev–Trinajstić information content (AvgIpc) is 3.16. The van der Waals surface area contributed by atoms with Gasteiger partial charge < -0.3 is 30.5 Å². The smallest absolute Gasteiger partial charge is 0.326 e. The zero-order valence-electron chi connectivity index (χ0n) is 30.0. The monoisotopic (exact) mass is 732 g/mol. The van der Waals surface area contributed by atoms with E-state index in [-0.39, 0.29) is 12.3 Å². The lowest BCUT2D eigenvalue weighted by molar-refractivity contribution is -0.142. The standard InChI is InChI=1S/C40H46FN3O7S/c41-30-14-16-31(17-15-30)44-37(38(39(44)48)52-24-34(45)29-11-10-26-8-4-5-9-28(26)21-29)27-12-18-32(19-13-27)51-23-36(47)42-22-35(46)43-33(40(49)50)20-25-6-2-1-3-7-25/h10-19,21,25,33-34,37-38,45H,1-9,20,22-24H2,(H,42,47)(H,43,46)(H,49,50)/t33-,34-,37+,38+/m0/s1/i25D. The molecule has 4 atom stereocenters. The molecule has 1 heterocycles. The number of benzene rings is 3. The number of carbonyl (C=O) groups excluding carboxylic acids is 3. The van der Waals surface area contributed by atoms with Gasteiger partial charge in [-0.1, -0.05) is 62.4 Å². The summed E-state index contributed by atoms with van der Waals surface area (Å²) in [5, 5.41) is 25.1. The van der Waals surface area contributed by atoms with E-state index in [1.165, 1.54) is 41.4 Å². The predicted molar refractivity (Wildman–Crippen MR) is 197 cm³/mol. The summed E-state index contributed by atoms with van der Waals surface area (Å²) in [6.45, 7) is -0.835. The quantitative estimate of drug-likeness (QED) is 0.147. The van der Waals surface area contributed by atoms with Gasteiger partial charge in [-0.15, -0.1) is 11.8 Å². The second-order valence-electron chi connectivity index (χ2n) is 13.7. The Hall–Kier alpha value is -4.42. The minimum Gasteiger partial charge on any atom is -0.484 e. The summed E-state index contributed by atoms with van der Waals surface area (Å²) in [5.41, 5.74) is 4.79. The van der Waals surface area contributed by atoms with Gasteiger partial charge in [0, 0.05) is 12.8 Å². The van der Waals surface area contributed by atoms with E-state index in [0.29, 0.717) is 30.0 Å². The molecule has 3 aromatic carbocycles. The number of β-lactam (4-membered cyclic amide) rings is 1. The van der Waals surface area contributed by atoms with E-state index in [4.69, 9.17) is 6.11 Å². The van der Waals surface area contributed by atoms with Gasteiger partial charge in [0.2, 0.25) is 11.8 Å². The number of nitrogens with one attached hydrogen (secondary N) is 2. The van der Waals surface area contributed by atoms with E-state index in [1.807, 2.05) is 6.07 Å². The van der Waals surface area contributed by atoms with Crippen LogP contribution < -0.4 is 20.3 Å². The number of hydrogen-bond donors (Lipinski definition) is 4. The molecule has 2 aliphatic carbocycles. The number of carbonyl (C=O) groups is 4. The summed E-state index contributed by atoms with van der Waals surface area (Å²) in [7, 11) is 0. The Morgan fingerprint density at radius 2 is 1.65 bits per heavy atom. The van der Waals surface area contributed by atoms with Gasteiger partial charge in [0.05, 0.1) is 18.7 Å². The van der Waals surface area contributed by atoms with E-state index in [0.717, 1.165) is 49.7 Å². The third kappa shape index (κ3) is 9.32. The van der Waals surface area contributed by atoms with Crippen LogP contribution in [-0.4, -0.2) is 64.1 Å². The number of aliphatic carboxylic acids is 1. The lowest BCUT2D eigenvalue weighted by Crippen LogP contribution is -2.57. The van der Waals surface area contributed by atoms with Crippen molar-refractivity contribution in [3.63, 3.8) is 0 Å². The van der Waals surface area contributed by atoms with Crippen LogP contribution >= 0.6 is 11.8 Å². The minimum atomic E-state index is -1.22. The van der Waals surface area contributed by atoms with Crippen LogP contribution in [-0.2, 0) is 32.0 Å². The van der Waals surface area contributed by atoms with Crippen LogP contribution in [0.5, 0.6) is 5.75 Å². The number of ether oxygens (including phenoxy) is 1. The van der Waals surface area contributed by atoms with Crippen LogP contribution in [0.15, 0.2) is 66.7 Å². The normalized spacial score (nSPS) is 20.8. The molecule has 3 aliphatic rings. The number of rotatable bonds is 15. The summed E-state index contributed by atoms with van der Waals surface area (Å²) >= 11 is 1.38. The number of carboxylic acids is 1. The third-order valence-corrected chi connectivity index (χ3v) is 11.4. The van der Waals surface area contributed by atoms with Crippen molar-refractivity contribution in [2.75, 3.05) is 23.8 Å². The lowest BCUT2D eigenvalue weighted by atomic mass is 9.85. The van der Waals surface area contributed by atoms with Crippen LogP contribution in [0.1, 0.15) is 87.1 Å². The molecule has 276 valence electrons. The molecule has 0 aromatic heterocycles. The second-order valence-corrected chi connectivity index (χ2v) is 14.9. The molecule has 12 heteroatoms. The van der Waals surface area contributed by atoms with Crippen molar-refractivity contribution in [2.24, 2.45) is 5.89 Å². The Morgan fingerprint density at radius 3 is 2.37 bits per heavy atom. The van der Waals surface area contributed by atoms with Crippen molar-refractivity contribution in [2.45, 2.75) is 87.6 Å².